The largest absolute Gasteiger partial charge is 0.472 e. The van der Waals surface area contributed by atoms with Gasteiger partial charge in [-0.2, -0.15) is 5.10 Å². The minimum absolute atomic E-state index is 0.218. The first-order chi connectivity index (χ1) is 15.1. The van der Waals surface area contributed by atoms with Crippen LogP contribution in [0, 0.1) is 0 Å². The number of nitrogens with zero attached hydrogens (tertiary/aromatic N) is 2. The van der Waals surface area contributed by atoms with E-state index < -0.39 is 5.91 Å². The lowest BCUT2D eigenvalue weighted by atomic mass is 10.2. The van der Waals surface area contributed by atoms with Gasteiger partial charge in [0.1, 0.15) is 17.5 Å². The van der Waals surface area contributed by atoms with Crippen LogP contribution in [0.3, 0.4) is 0 Å². The summed E-state index contributed by atoms with van der Waals surface area (Å²) in [5.41, 5.74) is 2.17. The van der Waals surface area contributed by atoms with Crippen molar-refractivity contribution in [1.29, 1.82) is 0 Å². The van der Waals surface area contributed by atoms with Crippen molar-refractivity contribution >= 4 is 39.7 Å². The molecular weight excluding hydrogens is 398 g/mol. The Morgan fingerprint density at radius 1 is 0.968 bits per heavy atom. The molecule has 5 aromatic rings. The summed E-state index contributed by atoms with van der Waals surface area (Å²) in [5, 5.41) is 10.2. The zero-order valence-electron chi connectivity index (χ0n) is 16.0. The number of hydrogen-bond acceptors (Lipinski definition) is 5. The Hall–Kier alpha value is -4.66. The number of furan rings is 1. The predicted octanol–water partition coefficient (Wildman–Crippen LogP) is 3.27. The summed E-state index contributed by atoms with van der Waals surface area (Å²) in [4.78, 5) is 40.2. The van der Waals surface area contributed by atoms with E-state index in [4.69, 9.17) is 4.42 Å². The van der Waals surface area contributed by atoms with Gasteiger partial charge in [-0.05, 0) is 36.4 Å². The number of benzene rings is 2. The van der Waals surface area contributed by atoms with Crippen LogP contribution < -0.4 is 16.2 Å². The number of aromatic nitrogens is 3. The van der Waals surface area contributed by atoms with Gasteiger partial charge in [-0.25, -0.2) is 4.52 Å². The van der Waals surface area contributed by atoms with Gasteiger partial charge in [0.15, 0.2) is 0 Å². The summed E-state index contributed by atoms with van der Waals surface area (Å²) in [6, 6.07) is 15.3. The molecule has 3 heterocycles. The van der Waals surface area contributed by atoms with Crippen LogP contribution in [0.15, 0.2) is 82.5 Å². The maximum Gasteiger partial charge on any atom is 0.261 e. The number of carbonyl (C=O) groups excluding carboxylic acids is 2. The molecule has 0 aliphatic rings. The second-order valence-corrected chi connectivity index (χ2v) is 6.79. The number of amides is 2. The summed E-state index contributed by atoms with van der Waals surface area (Å²) in [5.74, 6) is -0.774. The average molecular weight is 413 g/mol. The van der Waals surface area contributed by atoms with Crippen molar-refractivity contribution in [2.45, 2.75) is 0 Å². The molecule has 0 unspecified atom stereocenters. The van der Waals surface area contributed by atoms with E-state index in [1.807, 2.05) is 0 Å². The fourth-order valence-corrected chi connectivity index (χ4v) is 3.31. The third kappa shape index (κ3) is 3.33. The molecule has 0 bridgehead atoms. The molecule has 0 atom stereocenters. The number of aromatic amines is 1. The number of hydrogen-bond donors (Lipinski definition) is 3. The van der Waals surface area contributed by atoms with Crippen molar-refractivity contribution in [3.8, 4) is 0 Å². The molecule has 31 heavy (non-hydrogen) atoms. The van der Waals surface area contributed by atoms with Gasteiger partial charge < -0.3 is 20.0 Å². The highest BCUT2D eigenvalue weighted by molar-refractivity contribution is 6.09. The van der Waals surface area contributed by atoms with Crippen LogP contribution in [0.4, 0.5) is 11.4 Å². The van der Waals surface area contributed by atoms with Gasteiger partial charge in [-0.1, -0.05) is 18.2 Å². The lowest BCUT2D eigenvalue weighted by Gasteiger charge is -2.08. The minimum Gasteiger partial charge on any atom is -0.472 e. The van der Waals surface area contributed by atoms with Crippen LogP contribution in [0.25, 0.3) is 16.6 Å². The molecule has 0 fully saturated rings. The highest BCUT2D eigenvalue weighted by Gasteiger charge is 2.16. The first-order valence-corrected chi connectivity index (χ1v) is 9.34. The highest BCUT2D eigenvalue weighted by Crippen LogP contribution is 2.19. The molecule has 2 aromatic carbocycles. The first kappa shape index (κ1) is 18.4. The molecule has 3 N–H and O–H groups in total. The Kier molecular flexibility index (Phi) is 4.33. The summed E-state index contributed by atoms with van der Waals surface area (Å²) in [6.45, 7) is 0. The maximum absolute atomic E-state index is 12.9. The van der Waals surface area contributed by atoms with E-state index in [0.29, 0.717) is 33.5 Å². The number of carbonyl (C=O) groups is 2. The molecular formula is C22H15N5O4. The molecule has 152 valence electrons. The first-order valence-electron chi connectivity index (χ1n) is 9.34. The Morgan fingerprint density at radius 3 is 2.52 bits per heavy atom. The van der Waals surface area contributed by atoms with E-state index in [9.17, 15) is 14.4 Å². The van der Waals surface area contributed by atoms with Gasteiger partial charge in [0.25, 0.3) is 17.4 Å². The quantitative estimate of drug-likeness (QED) is 0.417. The van der Waals surface area contributed by atoms with E-state index >= 15 is 0 Å². The van der Waals surface area contributed by atoms with Crippen molar-refractivity contribution in [3.05, 3.63) is 94.8 Å². The SMILES string of the molecule is O=C(Nc1cccc(NC(=O)c2cnn3c2[nH]c(=O)c2ccccc23)c1)c1ccoc1. The smallest absolute Gasteiger partial charge is 0.261 e. The van der Waals surface area contributed by atoms with Gasteiger partial charge >= 0.3 is 0 Å². The third-order valence-corrected chi connectivity index (χ3v) is 4.78. The maximum atomic E-state index is 12.9. The van der Waals surface area contributed by atoms with E-state index in [-0.39, 0.29) is 17.0 Å². The fraction of sp³-hybridized carbons (Fsp3) is 0. The summed E-state index contributed by atoms with van der Waals surface area (Å²) >= 11 is 0. The molecule has 3 aromatic heterocycles. The molecule has 5 rings (SSSR count). The standard InChI is InChI=1S/C22H15N5O4/c28-20(13-8-9-31-12-13)24-14-4-3-5-15(10-14)25-22(30)17-11-23-27-18-7-2-1-6-16(18)21(29)26-19(17)27/h1-12H,(H,24,28)(H,25,30)(H,26,29). The zero-order chi connectivity index (χ0) is 21.4. The Bertz CT molecular complexity index is 1500. The summed E-state index contributed by atoms with van der Waals surface area (Å²) in [6.07, 6.45) is 4.16. The van der Waals surface area contributed by atoms with Gasteiger partial charge in [-0.15, -0.1) is 0 Å². The minimum atomic E-state index is -0.445. The highest BCUT2D eigenvalue weighted by atomic mass is 16.3. The number of fused-ring (bicyclic) bond motifs is 3. The predicted molar refractivity (Wildman–Crippen MR) is 114 cm³/mol. The van der Waals surface area contributed by atoms with Crippen molar-refractivity contribution in [3.63, 3.8) is 0 Å². The van der Waals surface area contributed by atoms with Crippen molar-refractivity contribution in [2.75, 3.05) is 10.6 Å². The average Bonchev–Trinajstić information content (AvgIpc) is 3.45. The lowest BCUT2D eigenvalue weighted by molar-refractivity contribution is 0.101. The number of nitrogens with one attached hydrogen (secondary N) is 3. The normalized spacial score (nSPS) is 11.0. The molecule has 0 aliphatic carbocycles. The number of anilines is 2. The van der Waals surface area contributed by atoms with Crippen LogP contribution >= 0.6 is 0 Å². The van der Waals surface area contributed by atoms with E-state index in [1.165, 1.54) is 23.2 Å². The monoisotopic (exact) mass is 413 g/mol. The molecule has 9 heteroatoms. The molecule has 0 saturated heterocycles. The van der Waals surface area contributed by atoms with Crippen LogP contribution in [-0.4, -0.2) is 26.4 Å². The molecule has 0 saturated carbocycles. The van der Waals surface area contributed by atoms with Crippen LogP contribution in [0.2, 0.25) is 0 Å². The van der Waals surface area contributed by atoms with Gasteiger partial charge in [0.2, 0.25) is 0 Å². The van der Waals surface area contributed by atoms with Crippen LogP contribution in [0.1, 0.15) is 20.7 Å². The van der Waals surface area contributed by atoms with E-state index in [2.05, 4.69) is 20.7 Å². The molecule has 0 radical (unpaired) electrons. The van der Waals surface area contributed by atoms with Crippen LogP contribution in [0.5, 0.6) is 0 Å². The number of rotatable bonds is 4. The Labute approximate surface area is 174 Å². The summed E-state index contributed by atoms with van der Waals surface area (Å²) < 4.78 is 6.43. The van der Waals surface area contributed by atoms with Crippen molar-refractivity contribution in [2.24, 2.45) is 0 Å². The summed E-state index contributed by atoms with van der Waals surface area (Å²) in [7, 11) is 0. The van der Waals surface area contributed by atoms with Crippen molar-refractivity contribution in [1.82, 2.24) is 14.6 Å². The molecule has 2 amide bonds. The van der Waals surface area contributed by atoms with Gasteiger partial charge in [-0.3, -0.25) is 14.4 Å². The van der Waals surface area contributed by atoms with Gasteiger partial charge in [0, 0.05) is 11.4 Å². The molecule has 0 aliphatic heterocycles. The molecule has 9 nitrogen and oxygen atoms in total. The second-order valence-electron chi connectivity index (χ2n) is 6.79. The Balaban J connectivity index is 1.42. The fourth-order valence-electron chi connectivity index (χ4n) is 3.31. The lowest BCUT2D eigenvalue weighted by Crippen LogP contribution is -2.15. The topological polar surface area (TPSA) is 121 Å². The second kappa shape index (κ2) is 7.30. The van der Waals surface area contributed by atoms with E-state index in [1.54, 1.807) is 54.6 Å². The van der Waals surface area contributed by atoms with Crippen molar-refractivity contribution < 1.29 is 14.0 Å². The van der Waals surface area contributed by atoms with Crippen LogP contribution in [-0.2, 0) is 0 Å². The number of para-hydroxylation sites is 1. The van der Waals surface area contributed by atoms with E-state index in [0.717, 1.165) is 0 Å². The third-order valence-electron chi connectivity index (χ3n) is 4.78. The Morgan fingerprint density at radius 2 is 1.74 bits per heavy atom. The zero-order valence-corrected chi connectivity index (χ0v) is 16.0. The van der Waals surface area contributed by atoms with Gasteiger partial charge in [0.05, 0.1) is 28.9 Å². The molecule has 0 spiro atoms. The number of H-pyrrole nitrogens is 1.